The highest BCUT2D eigenvalue weighted by Crippen LogP contribution is 2.20. The molecule has 3 rings (SSSR count). The second-order valence-electron chi connectivity index (χ2n) is 5.02. The summed E-state index contributed by atoms with van der Waals surface area (Å²) in [6, 6.07) is 5.76. The molecular weight excluding hydrogens is 240 g/mol. The Balaban J connectivity index is 1.89. The van der Waals surface area contributed by atoms with Crippen LogP contribution in [0.3, 0.4) is 0 Å². The maximum atomic E-state index is 12.6. The lowest BCUT2D eigenvalue weighted by Crippen LogP contribution is -2.47. The summed E-state index contributed by atoms with van der Waals surface area (Å²) in [7, 11) is 0. The van der Waals surface area contributed by atoms with E-state index in [-0.39, 0.29) is 11.9 Å². The van der Waals surface area contributed by atoms with Crippen LogP contribution in [0, 0.1) is 0 Å². The molecule has 1 aliphatic heterocycles. The second-order valence-corrected chi connectivity index (χ2v) is 5.02. The lowest BCUT2D eigenvalue weighted by atomic mass is 10.0. The summed E-state index contributed by atoms with van der Waals surface area (Å²) in [4.78, 5) is 21.7. The summed E-state index contributed by atoms with van der Waals surface area (Å²) in [5, 5.41) is 0. The third-order valence-electron chi connectivity index (χ3n) is 3.83. The van der Waals surface area contributed by atoms with Crippen molar-refractivity contribution in [1.82, 2.24) is 14.9 Å². The predicted molar refractivity (Wildman–Crippen MR) is 73.8 cm³/mol. The molecule has 19 heavy (non-hydrogen) atoms. The molecule has 1 atom stereocenters. The highest BCUT2D eigenvalue weighted by Gasteiger charge is 2.26. The first-order valence-corrected chi connectivity index (χ1v) is 6.74. The van der Waals surface area contributed by atoms with Crippen LogP contribution in [0.5, 0.6) is 0 Å². The van der Waals surface area contributed by atoms with E-state index in [9.17, 15) is 4.79 Å². The van der Waals surface area contributed by atoms with Crippen LogP contribution in [0.15, 0.2) is 24.5 Å². The van der Waals surface area contributed by atoms with Crippen LogP contribution in [0.2, 0.25) is 0 Å². The zero-order valence-electron chi connectivity index (χ0n) is 10.8. The van der Waals surface area contributed by atoms with Crippen molar-refractivity contribution >= 4 is 16.9 Å². The number of carbonyl (C=O) groups is 1. The van der Waals surface area contributed by atoms with Crippen LogP contribution < -0.4 is 5.73 Å². The van der Waals surface area contributed by atoms with E-state index >= 15 is 0 Å². The van der Waals surface area contributed by atoms with E-state index in [1.165, 1.54) is 0 Å². The van der Waals surface area contributed by atoms with Gasteiger partial charge in [-0.3, -0.25) is 4.79 Å². The van der Waals surface area contributed by atoms with Gasteiger partial charge in [-0.15, -0.1) is 0 Å². The minimum absolute atomic E-state index is 0.0756. The van der Waals surface area contributed by atoms with E-state index in [0.29, 0.717) is 12.1 Å². The maximum absolute atomic E-state index is 12.6. The van der Waals surface area contributed by atoms with Gasteiger partial charge in [0.1, 0.15) is 0 Å². The number of aromatic nitrogens is 2. The van der Waals surface area contributed by atoms with Crippen molar-refractivity contribution in [2.75, 3.05) is 13.1 Å². The highest BCUT2D eigenvalue weighted by atomic mass is 16.2. The molecule has 1 aliphatic rings. The Bertz CT molecular complexity index is 592. The van der Waals surface area contributed by atoms with E-state index in [4.69, 9.17) is 5.73 Å². The van der Waals surface area contributed by atoms with E-state index < -0.39 is 0 Å². The van der Waals surface area contributed by atoms with Crippen molar-refractivity contribution in [3.05, 3.63) is 30.1 Å². The zero-order valence-corrected chi connectivity index (χ0v) is 10.8. The van der Waals surface area contributed by atoms with Crippen LogP contribution in [-0.4, -0.2) is 39.9 Å². The van der Waals surface area contributed by atoms with Gasteiger partial charge in [0.2, 0.25) is 0 Å². The summed E-state index contributed by atoms with van der Waals surface area (Å²) >= 11 is 0. The number of likely N-dealkylation sites (tertiary alicyclic amines) is 1. The fourth-order valence-corrected chi connectivity index (χ4v) is 2.75. The predicted octanol–water partition coefficient (Wildman–Crippen LogP) is 1.52. The molecule has 1 fully saturated rings. The fraction of sp³-hybridized carbons (Fsp3) is 0.429. The van der Waals surface area contributed by atoms with Crippen LogP contribution in [0.1, 0.15) is 29.6 Å². The Morgan fingerprint density at radius 2 is 2.37 bits per heavy atom. The largest absolute Gasteiger partial charge is 0.345 e. The topological polar surface area (TPSA) is 75.0 Å². The number of amides is 1. The molecule has 0 spiro atoms. The van der Waals surface area contributed by atoms with Crippen molar-refractivity contribution in [3.8, 4) is 0 Å². The van der Waals surface area contributed by atoms with E-state index in [1.807, 2.05) is 23.1 Å². The molecule has 5 nitrogen and oxygen atoms in total. The molecule has 5 heteroatoms. The molecule has 2 aromatic rings. The first-order valence-electron chi connectivity index (χ1n) is 6.74. The van der Waals surface area contributed by atoms with Gasteiger partial charge in [0.05, 0.1) is 17.4 Å². The highest BCUT2D eigenvalue weighted by molar-refractivity contribution is 5.97. The Morgan fingerprint density at radius 3 is 3.21 bits per heavy atom. The average Bonchev–Trinajstić information content (AvgIpc) is 2.93. The van der Waals surface area contributed by atoms with Crippen molar-refractivity contribution in [2.45, 2.75) is 25.3 Å². The molecule has 2 heterocycles. The summed E-state index contributed by atoms with van der Waals surface area (Å²) in [5.41, 5.74) is 8.25. The Labute approximate surface area is 111 Å². The van der Waals surface area contributed by atoms with Crippen LogP contribution in [0.25, 0.3) is 11.0 Å². The molecule has 0 radical (unpaired) electrons. The number of H-pyrrole nitrogens is 1. The molecule has 3 N–H and O–H groups in total. The second kappa shape index (κ2) is 5.01. The number of fused-ring (bicyclic) bond motifs is 1. The van der Waals surface area contributed by atoms with Crippen LogP contribution in [0.4, 0.5) is 0 Å². The number of piperidine rings is 1. The third-order valence-corrected chi connectivity index (χ3v) is 3.83. The van der Waals surface area contributed by atoms with Crippen molar-refractivity contribution in [3.63, 3.8) is 0 Å². The van der Waals surface area contributed by atoms with Crippen LogP contribution >= 0.6 is 0 Å². The lowest BCUT2D eigenvalue weighted by Gasteiger charge is -2.35. The van der Waals surface area contributed by atoms with Crippen molar-refractivity contribution in [1.29, 1.82) is 0 Å². The molecular formula is C14H18N4O. The van der Waals surface area contributed by atoms with E-state index in [1.54, 1.807) is 6.33 Å². The summed E-state index contributed by atoms with van der Waals surface area (Å²) in [5.74, 6) is 0.0756. The number of rotatable bonds is 2. The molecule has 1 amide bonds. The van der Waals surface area contributed by atoms with Crippen molar-refractivity contribution < 1.29 is 4.79 Å². The number of nitrogens with one attached hydrogen (secondary N) is 1. The maximum Gasteiger partial charge on any atom is 0.254 e. The number of carbonyl (C=O) groups excluding carboxylic acids is 1. The molecule has 100 valence electrons. The monoisotopic (exact) mass is 258 g/mol. The van der Waals surface area contributed by atoms with Gasteiger partial charge >= 0.3 is 0 Å². The minimum atomic E-state index is 0.0756. The normalized spacial score (nSPS) is 19.8. The van der Waals surface area contributed by atoms with Gasteiger partial charge in [0, 0.05) is 24.7 Å². The van der Waals surface area contributed by atoms with Gasteiger partial charge in [-0.2, -0.15) is 0 Å². The Hall–Kier alpha value is -1.88. The molecule has 0 bridgehead atoms. The quantitative estimate of drug-likeness (QED) is 0.857. The standard InChI is InChI=1S/C14H18N4O/c15-8-11-3-1-2-6-18(11)14(19)10-4-5-12-13(7-10)17-9-16-12/h4-5,7,9,11H,1-3,6,8,15H2,(H,16,17). The first-order chi connectivity index (χ1) is 9.29. The molecule has 1 aromatic carbocycles. The fourth-order valence-electron chi connectivity index (χ4n) is 2.75. The number of nitrogens with two attached hydrogens (primary N) is 1. The molecule has 1 aromatic heterocycles. The Kier molecular flexibility index (Phi) is 3.21. The number of hydrogen-bond acceptors (Lipinski definition) is 3. The van der Waals surface area contributed by atoms with Gasteiger partial charge in [0.25, 0.3) is 5.91 Å². The number of hydrogen-bond donors (Lipinski definition) is 2. The lowest BCUT2D eigenvalue weighted by molar-refractivity contribution is 0.0623. The summed E-state index contributed by atoms with van der Waals surface area (Å²) in [6.07, 6.45) is 4.87. The number of aromatic amines is 1. The summed E-state index contributed by atoms with van der Waals surface area (Å²) < 4.78 is 0. The SMILES string of the molecule is NCC1CCCCN1C(=O)c1ccc2nc[nH]c2c1. The number of imidazole rings is 1. The molecule has 0 aliphatic carbocycles. The smallest absolute Gasteiger partial charge is 0.254 e. The Morgan fingerprint density at radius 1 is 1.47 bits per heavy atom. The number of benzene rings is 1. The molecule has 1 unspecified atom stereocenters. The first kappa shape index (κ1) is 12.2. The average molecular weight is 258 g/mol. The van der Waals surface area contributed by atoms with E-state index in [2.05, 4.69) is 9.97 Å². The number of nitrogens with zero attached hydrogens (tertiary/aromatic N) is 2. The minimum Gasteiger partial charge on any atom is -0.345 e. The van der Waals surface area contributed by atoms with Gasteiger partial charge < -0.3 is 15.6 Å². The third kappa shape index (κ3) is 2.21. The van der Waals surface area contributed by atoms with Gasteiger partial charge in [-0.1, -0.05) is 0 Å². The van der Waals surface area contributed by atoms with E-state index in [0.717, 1.165) is 36.8 Å². The zero-order chi connectivity index (χ0) is 13.2. The van der Waals surface area contributed by atoms with Gasteiger partial charge in [-0.25, -0.2) is 4.98 Å². The molecule has 1 saturated heterocycles. The summed E-state index contributed by atoms with van der Waals surface area (Å²) in [6.45, 7) is 1.35. The molecule has 0 saturated carbocycles. The van der Waals surface area contributed by atoms with Crippen LogP contribution in [-0.2, 0) is 0 Å². The van der Waals surface area contributed by atoms with Gasteiger partial charge in [0.15, 0.2) is 0 Å². The van der Waals surface area contributed by atoms with Gasteiger partial charge in [-0.05, 0) is 37.5 Å². The van der Waals surface area contributed by atoms with Crippen molar-refractivity contribution in [2.24, 2.45) is 5.73 Å².